The molecule has 0 unspecified atom stereocenters. The van der Waals surface area contributed by atoms with Crippen LogP contribution in [0.5, 0.6) is 5.75 Å². The molecular formula is C17H25N3O7S. The summed E-state index contributed by atoms with van der Waals surface area (Å²) in [5.41, 5.74) is -0.515. The summed E-state index contributed by atoms with van der Waals surface area (Å²) in [6.45, 7) is 6.24. The van der Waals surface area contributed by atoms with E-state index in [1.54, 1.807) is 0 Å². The van der Waals surface area contributed by atoms with Gasteiger partial charge in [-0.15, -0.1) is 0 Å². The summed E-state index contributed by atoms with van der Waals surface area (Å²) in [4.78, 5) is 22.4. The number of nitrogens with one attached hydrogen (secondary N) is 1. The average Bonchev–Trinajstić information content (AvgIpc) is 2.66. The molecule has 1 aromatic carbocycles. The van der Waals surface area contributed by atoms with E-state index in [0.29, 0.717) is 0 Å². The van der Waals surface area contributed by atoms with Crippen molar-refractivity contribution in [1.29, 1.82) is 0 Å². The largest absolute Gasteiger partial charge is 0.477 e. The minimum absolute atomic E-state index is 0.0767. The second-order valence-corrected chi connectivity index (χ2v) is 8.73. The maximum atomic E-state index is 12.7. The highest BCUT2D eigenvalue weighted by molar-refractivity contribution is 7.89. The summed E-state index contributed by atoms with van der Waals surface area (Å²) in [6, 6.07) is 3.31. The van der Waals surface area contributed by atoms with Crippen LogP contribution in [0.4, 0.5) is 5.69 Å². The molecule has 1 aromatic rings. The van der Waals surface area contributed by atoms with Crippen LogP contribution in [0, 0.1) is 16.0 Å². The maximum absolute atomic E-state index is 12.7. The number of hydrogen-bond acceptors (Lipinski definition) is 7. The van der Waals surface area contributed by atoms with Crippen molar-refractivity contribution in [1.82, 2.24) is 9.62 Å². The smallest absolute Gasteiger partial charge is 0.312 e. The summed E-state index contributed by atoms with van der Waals surface area (Å²) in [5.74, 6) is -0.359. The third-order valence-corrected chi connectivity index (χ3v) is 6.38. The van der Waals surface area contributed by atoms with Gasteiger partial charge in [-0.3, -0.25) is 14.9 Å². The summed E-state index contributed by atoms with van der Waals surface area (Å²) in [6.07, 6.45) is 0. The molecule has 2 rings (SSSR count). The number of morpholine rings is 1. The van der Waals surface area contributed by atoms with Crippen LogP contribution in [0.25, 0.3) is 0 Å². The summed E-state index contributed by atoms with van der Waals surface area (Å²) in [5, 5.41) is 14.1. The highest BCUT2D eigenvalue weighted by atomic mass is 32.2. The first-order chi connectivity index (χ1) is 13.1. The highest BCUT2D eigenvalue weighted by Crippen LogP contribution is 2.31. The van der Waals surface area contributed by atoms with Gasteiger partial charge < -0.3 is 14.8 Å². The van der Waals surface area contributed by atoms with Crippen molar-refractivity contribution in [3.05, 3.63) is 28.3 Å². The normalized spacial score (nSPS) is 16.6. The molecule has 1 heterocycles. The lowest BCUT2D eigenvalue weighted by Gasteiger charge is -2.26. The molecule has 10 nitrogen and oxygen atoms in total. The molecule has 1 amide bonds. The Hall–Kier alpha value is -2.24. The Labute approximate surface area is 164 Å². The number of carbonyl (C=O) groups excluding carboxylic acids is 1. The van der Waals surface area contributed by atoms with E-state index in [-0.39, 0.29) is 48.9 Å². The molecule has 1 aliphatic heterocycles. The van der Waals surface area contributed by atoms with E-state index in [4.69, 9.17) is 9.47 Å². The summed E-state index contributed by atoms with van der Waals surface area (Å²) in [7, 11) is -3.88. The SMILES string of the molecule is CC(C)[C@H](C)NC(=O)COc1ccc(S(=O)(=O)N2CCOCC2)cc1[N+](=O)[O-]. The number of amides is 1. The highest BCUT2D eigenvalue weighted by Gasteiger charge is 2.29. The summed E-state index contributed by atoms with van der Waals surface area (Å²) >= 11 is 0. The number of nitro groups is 1. The molecule has 156 valence electrons. The van der Waals surface area contributed by atoms with Crippen LogP contribution in [-0.2, 0) is 19.6 Å². The van der Waals surface area contributed by atoms with Crippen LogP contribution < -0.4 is 10.1 Å². The van der Waals surface area contributed by atoms with E-state index >= 15 is 0 Å². The Kier molecular flexibility index (Phi) is 7.33. The second kappa shape index (κ2) is 9.30. The molecule has 1 N–H and O–H groups in total. The van der Waals surface area contributed by atoms with Gasteiger partial charge in [-0.05, 0) is 25.0 Å². The first-order valence-electron chi connectivity index (χ1n) is 8.91. The van der Waals surface area contributed by atoms with Crippen LogP contribution in [0.15, 0.2) is 23.1 Å². The van der Waals surface area contributed by atoms with Crippen molar-refractivity contribution in [2.24, 2.45) is 5.92 Å². The van der Waals surface area contributed by atoms with Gasteiger partial charge in [-0.2, -0.15) is 4.31 Å². The minimum Gasteiger partial charge on any atom is -0.477 e. The molecule has 1 saturated heterocycles. The van der Waals surface area contributed by atoms with Crippen molar-refractivity contribution in [2.45, 2.75) is 31.7 Å². The number of benzene rings is 1. The lowest BCUT2D eigenvalue weighted by Crippen LogP contribution is -2.40. The van der Waals surface area contributed by atoms with E-state index in [2.05, 4.69) is 5.32 Å². The van der Waals surface area contributed by atoms with Crippen LogP contribution in [-0.4, -0.2) is 62.5 Å². The van der Waals surface area contributed by atoms with Gasteiger partial charge in [0.1, 0.15) is 0 Å². The number of carbonyl (C=O) groups is 1. The first-order valence-corrected chi connectivity index (χ1v) is 10.4. The molecule has 0 aliphatic carbocycles. The third kappa shape index (κ3) is 5.40. The Morgan fingerprint density at radius 2 is 1.96 bits per heavy atom. The first kappa shape index (κ1) is 22.1. The number of nitro benzene ring substituents is 1. The number of ether oxygens (including phenoxy) is 2. The molecule has 1 fully saturated rings. The van der Waals surface area contributed by atoms with Crippen molar-refractivity contribution >= 4 is 21.6 Å². The van der Waals surface area contributed by atoms with Crippen LogP contribution in [0.3, 0.4) is 0 Å². The predicted octanol–water partition coefficient (Wildman–Crippen LogP) is 1.16. The maximum Gasteiger partial charge on any atom is 0.312 e. The number of hydrogen-bond donors (Lipinski definition) is 1. The average molecular weight is 415 g/mol. The number of nitrogens with zero attached hydrogens (tertiary/aromatic N) is 2. The van der Waals surface area contributed by atoms with E-state index < -0.39 is 33.1 Å². The molecule has 11 heteroatoms. The van der Waals surface area contributed by atoms with Gasteiger partial charge in [0.2, 0.25) is 10.0 Å². The Morgan fingerprint density at radius 3 is 2.54 bits per heavy atom. The zero-order valence-electron chi connectivity index (χ0n) is 16.1. The standard InChI is InChI=1S/C17H25N3O7S/c1-12(2)13(3)18-17(21)11-27-16-5-4-14(10-15(16)20(22)23)28(24,25)19-6-8-26-9-7-19/h4-5,10,12-13H,6-9,11H2,1-3H3,(H,18,21)/t13-/m0/s1. The van der Waals surface area contributed by atoms with Crippen molar-refractivity contribution in [2.75, 3.05) is 32.9 Å². The molecule has 28 heavy (non-hydrogen) atoms. The fraction of sp³-hybridized carbons (Fsp3) is 0.588. The van der Waals surface area contributed by atoms with E-state index in [9.17, 15) is 23.3 Å². The Bertz CT molecular complexity index is 820. The molecule has 0 radical (unpaired) electrons. The van der Waals surface area contributed by atoms with Crippen LogP contribution in [0.1, 0.15) is 20.8 Å². The fourth-order valence-electron chi connectivity index (χ4n) is 2.46. The van der Waals surface area contributed by atoms with Gasteiger partial charge >= 0.3 is 5.69 Å². The van der Waals surface area contributed by atoms with Gasteiger partial charge in [0.15, 0.2) is 12.4 Å². The molecule has 0 bridgehead atoms. The zero-order valence-corrected chi connectivity index (χ0v) is 16.9. The van der Waals surface area contributed by atoms with Gasteiger partial charge in [-0.25, -0.2) is 8.42 Å². The molecule has 1 atom stereocenters. The van der Waals surface area contributed by atoms with Gasteiger partial charge in [0, 0.05) is 25.2 Å². The van der Waals surface area contributed by atoms with Crippen LogP contribution in [0.2, 0.25) is 0 Å². The van der Waals surface area contributed by atoms with Gasteiger partial charge in [-0.1, -0.05) is 13.8 Å². The van der Waals surface area contributed by atoms with E-state index in [0.717, 1.165) is 6.07 Å². The zero-order chi connectivity index (χ0) is 20.9. The topological polar surface area (TPSA) is 128 Å². The number of sulfonamides is 1. The number of rotatable bonds is 8. The third-order valence-electron chi connectivity index (χ3n) is 4.48. The van der Waals surface area contributed by atoms with E-state index in [1.807, 2.05) is 20.8 Å². The monoisotopic (exact) mass is 415 g/mol. The molecule has 1 aliphatic rings. The van der Waals surface area contributed by atoms with Crippen molar-refractivity contribution in [3.63, 3.8) is 0 Å². The molecular weight excluding hydrogens is 390 g/mol. The molecule has 0 saturated carbocycles. The van der Waals surface area contributed by atoms with Crippen molar-refractivity contribution in [3.8, 4) is 5.75 Å². The second-order valence-electron chi connectivity index (χ2n) is 6.79. The van der Waals surface area contributed by atoms with E-state index in [1.165, 1.54) is 16.4 Å². The van der Waals surface area contributed by atoms with Gasteiger partial charge in [0.25, 0.3) is 5.91 Å². The molecule has 0 aromatic heterocycles. The lowest BCUT2D eigenvalue weighted by atomic mass is 10.1. The van der Waals surface area contributed by atoms with Gasteiger partial charge in [0.05, 0.1) is 23.0 Å². The van der Waals surface area contributed by atoms with Crippen molar-refractivity contribution < 1.29 is 27.6 Å². The minimum atomic E-state index is -3.88. The molecule has 0 spiro atoms. The lowest BCUT2D eigenvalue weighted by molar-refractivity contribution is -0.386. The fourth-order valence-corrected chi connectivity index (χ4v) is 3.89. The predicted molar refractivity (Wildman–Crippen MR) is 101 cm³/mol. The quantitative estimate of drug-likeness (QED) is 0.498. The summed E-state index contributed by atoms with van der Waals surface area (Å²) < 4.78 is 37.0. The Balaban J connectivity index is 2.16. The van der Waals surface area contributed by atoms with Crippen LogP contribution >= 0.6 is 0 Å². The Morgan fingerprint density at radius 1 is 1.32 bits per heavy atom.